The molecule has 1 aliphatic heterocycles. The quantitative estimate of drug-likeness (QED) is 0.532. The van der Waals surface area contributed by atoms with E-state index in [1.165, 1.54) is 6.34 Å². The van der Waals surface area contributed by atoms with Crippen LogP contribution >= 0.6 is 0 Å². The molecule has 0 atom stereocenters. The standard InChI is InChI=1S/C6H7N3/c1-7-6-2-3-8-5-9-4-6/h2,4-5,7H,1H3. The van der Waals surface area contributed by atoms with E-state index in [0.29, 0.717) is 0 Å². The van der Waals surface area contributed by atoms with E-state index in [1.807, 2.05) is 7.05 Å². The first-order valence-corrected chi connectivity index (χ1v) is 2.61. The zero-order valence-corrected chi connectivity index (χ0v) is 5.13. The van der Waals surface area contributed by atoms with Crippen molar-refractivity contribution in [1.82, 2.24) is 5.32 Å². The van der Waals surface area contributed by atoms with Gasteiger partial charge in [-0.2, -0.15) is 4.99 Å². The van der Waals surface area contributed by atoms with Gasteiger partial charge in [-0.1, -0.05) is 0 Å². The van der Waals surface area contributed by atoms with Crippen molar-refractivity contribution in [2.45, 2.75) is 0 Å². The Kier molecular flexibility index (Phi) is 1.83. The van der Waals surface area contributed by atoms with E-state index in [4.69, 9.17) is 0 Å². The number of nitrogens with one attached hydrogen (secondary N) is 1. The summed E-state index contributed by atoms with van der Waals surface area (Å²) >= 11 is 0. The van der Waals surface area contributed by atoms with E-state index in [1.54, 1.807) is 12.3 Å². The molecule has 0 amide bonds. The fourth-order valence-electron chi connectivity index (χ4n) is 0.461. The van der Waals surface area contributed by atoms with E-state index in [-0.39, 0.29) is 0 Å². The fraction of sp³-hybridized carbons (Fsp3) is 0.167. The van der Waals surface area contributed by atoms with Gasteiger partial charge in [-0.05, 0) is 5.87 Å². The maximum Gasteiger partial charge on any atom is 0.125 e. The molecule has 0 spiro atoms. The van der Waals surface area contributed by atoms with Crippen LogP contribution in [0.2, 0.25) is 0 Å². The molecule has 0 aliphatic carbocycles. The smallest absolute Gasteiger partial charge is 0.125 e. The van der Waals surface area contributed by atoms with Gasteiger partial charge in [0.25, 0.3) is 0 Å². The van der Waals surface area contributed by atoms with E-state index in [2.05, 4.69) is 21.2 Å². The largest absolute Gasteiger partial charge is 0.386 e. The number of nitrogens with zero attached hydrogens (tertiary/aromatic N) is 2. The minimum Gasteiger partial charge on any atom is -0.386 e. The predicted molar refractivity (Wildman–Crippen MR) is 37.6 cm³/mol. The highest BCUT2D eigenvalue weighted by atomic mass is 14.9. The molecule has 0 unspecified atom stereocenters. The predicted octanol–water partition coefficient (Wildman–Crippen LogP) is 0.315. The molecule has 1 N–H and O–H groups in total. The lowest BCUT2D eigenvalue weighted by molar-refractivity contribution is 1.03. The van der Waals surface area contributed by atoms with Crippen molar-refractivity contribution in [2.24, 2.45) is 9.98 Å². The SMILES string of the molecule is CNC1=CN=CN=C=C1. The summed E-state index contributed by atoms with van der Waals surface area (Å²) in [6.45, 7) is 0. The summed E-state index contributed by atoms with van der Waals surface area (Å²) < 4.78 is 0. The lowest BCUT2D eigenvalue weighted by atomic mass is 10.5. The van der Waals surface area contributed by atoms with Gasteiger partial charge in [0.05, 0.1) is 11.9 Å². The number of rotatable bonds is 1. The van der Waals surface area contributed by atoms with Gasteiger partial charge in [0, 0.05) is 13.1 Å². The number of likely N-dealkylation sites (N-methyl/N-ethyl adjacent to an activating group) is 1. The molecular weight excluding hydrogens is 114 g/mol. The summed E-state index contributed by atoms with van der Waals surface area (Å²) in [6.07, 6.45) is 4.86. The molecule has 0 aromatic carbocycles. The van der Waals surface area contributed by atoms with E-state index in [0.717, 1.165) is 5.70 Å². The Balaban J connectivity index is 2.82. The molecule has 0 aromatic rings. The number of allylic oxidation sites excluding steroid dienone is 1. The summed E-state index contributed by atoms with van der Waals surface area (Å²) in [5.41, 5.74) is 0.910. The average molecular weight is 121 g/mol. The number of hydrogen-bond acceptors (Lipinski definition) is 3. The van der Waals surface area contributed by atoms with E-state index >= 15 is 0 Å². The molecule has 0 fully saturated rings. The third kappa shape index (κ3) is 1.55. The molecule has 3 heteroatoms. The van der Waals surface area contributed by atoms with Crippen LogP contribution in [0, 0.1) is 0 Å². The molecule has 1 aliphatic rings. The van der Waals surface area contributed by atoms with E-state index < -0.39 is 0 Å². The first kappa shape index (κ1) is 5.79. The average Bonchev–Trinajstić information content (AvgIpc) is 2.13. The molecule has 3 nitrogen and oxygen atoms in total. The van der Waals surface area contributed by atoms with Gasteiger partial charge in [0.15, 0.2) is 0 Å². The van der Waals surface area contributed by atoms with Crippen molar-refractivity contribution < 1.29 is 0 Å². The first-order chi connectivity index (χ1) is 4.43. The second-order valence-corrected chi connectivity index (χ2v) is 1.50. The van der Waals surface area contributed by atoms with Gasteiger partial charge in [-0.25, -0.2) is 4.99 Å². The fourth-order valence-corrected chi connectivity index (χ4v) is 0.461. The lowest BCUT2D eigenvalue weighted by Gasteiger charge is -1.92. The van der Waals surface area contributed by atoms with Crippen LogP contribution in [0.5, 0.6) is 0 Å². The lowest BCUT2D eigenvalue weighted by Crippen LogP contribution is -2.01. The van der Waals surface area contributed by atoms with Crippen LogP contribution in [0.4, 0.5) is 0 Å². The van der Waals surface area contributed by atoms with Crippen molar-refractivity contribution in [3.8, 4) is 0 Å². The van der Waals surface area contributed by atoms with Crippen molar-refractivity contribution in [3.05, 3.63) is 18.0 Å². The van der Waals surface area contributed by atoms with Gasteiger partial charge >= 0.3 is 0 Å². The molecule has 0 aromatic heterocycles. The Morgan fingerprint density at radius 2 is 2.56 bits per heavy atom. The van der Waals surface area contributed by atoms with Crippen molar-refractivity contribution >= 4 is 12.2 Å². The van der Waals surface area contributed by atoms with Crippen LogP contribution in [0.3, 0.4) is 0 Å². The van der Waals surface area contributed by atoms with Crippen LogP contribution in [0.15, 0.2) is 28.0 Å². The highest BCUT2D eigenvalue weighted by Gasteiger charge is 1.83. The molecule has 0 saturated heterocycles. The van der Waals surface area contributed by atoms with Gasteiger partial charge in [0.2, 0.25) is 0 Å². The summed E-state index contributed by atoms with van der Waals surface area (Å²) in [7, 11) is 1.82. The van der Waals surface area contributed by atoms with Crippen LogP contribution < -0.4 is 5.32 Å². The molecule has 1 heterocycles. The molecule has 0 saturated carbocycles. The maximum absolute atomic E-state index is 3.81. The molecule has 46 valence electrons. The second kappa shape index (κ2) is 2.84. The zero-order valence-electron chi connectivity index (χ0n) is 5.13. The Morgan fingerprint density at radius 3 is 3.33 bits per heavy atom. The van der Waals surface area contributed by atoms with Crippen LogP contribution in [0.1, 0.15) is 0 Å². The maximum atomic E-state index is 3.81. The first-order valence-electron chi connectivity index (χ1n) is 2.61. The summed E-state index contributed by atoms with van der Waals surface area (Å²) in [4.78, 5) is 7.49. The van der Waals surface area contributed by atoms with Crippen LogP contribution in [-0.4, -0.2) is 19.3 Å². The number of hydrogen-bond donors (Lipinski definition) is 1. The Morgan fingerprint density at radius 1 is 1.67 bits per heavy atom. The van der Waals surface area contributed by atoms with Crippen molar-refractivity contribution in [2.75, 3.05) is 7.05 Å². The molecule has 9 heavy (non-hydrogen) atoms. The highest BCUT2D eigenvalue weighted by molar-refractivity contribution is 5.72. The summed E-state index contributed by atoms with van der Waals surface area (Å²) in [5.74, 6) is 2.67. The Labute approximate surface area is 53.5 Å². The minimum atomic E-state index is 0.910. The van der Waals surface area contributed by atoms with Crippen molar-refractivity contribution in [3.63, 3.8) is 0 Å². The molecular formula is C6H7N3. The zero-order chi connectivity index (χ0) is 6.53. The highest BCUT2D eigenvalue weighted by Crippen LogP contribution is 1.89. The third-order valence-corrected chi connectivity index (χ3v) is 0.921. The molecule has 0 radical (unpaired) electrons. The molecule has 1 rings (SSSR count). The normalized spacial score (nSPS) is 15.0. The second-order valence-electron chi connectivity index (χ2n) is 1.50. The van der Waals surface area contributed by atoms with Crippen LogP contribution in [0.25, 0.3) is 0 Å². The number of aliphatic imine (C=N–C) groups is 2. The van der Waals surface area contributed by atoms with E-state index in [9.17, 15) is 0 Å². The van der Waals surface area contributed by atoms with Gasteiger partial charge in [0.1, 0.15) is 6.34 Å². The van der Waals surface area contributed by atoms with Gasteiger partial charge in [-0.15, -0.1) is 0 Å². The topological polar surface area (TPSA) is 36.8 Å². The minimum absolute atomic E-state index is 0.910. The van der Waals surface area contributed by atoms with Gasteiger partial charge < -0.3 is 5.32 Å². The van der Waals surface area contributed by atoms with Crippen LogP contribution in [-0.2, 0) is 0 Å². The Hall–Kier alpha value is -1.34. The summed E-state index contributed by atoms with van der Waals surface area (Å²) in [5, 5.41) is 2.91. The monoisotopic (exact) mass is 121 g/mol. The third-order valence-electron chi connectivity index (χ3n) is 0.921. The summed E-state index contributed by atoms with van der Waals surface area (Å²) in [6, 6.07) is 0. The Bertz CT molecular complexity index is 206. The molecule has 0 bridgehead atoms. The van der Waals surface area contributed by atoms with Crippen molar-refractivity contribution in [1.29, 1.82) is 0 Å². The van der Waals surface area contributed by atoms with Gasteiger partial charge in [-0.3, -0.25) is 0 Å².